The third-order valence-electron chi connectivity index (χ3n) is 5.73. The largest absolute Gasteiger partial charge is 0.454 e. The van der Waals surface area contributed by atoms with Crippen LogP contribution in [0.2, 0.25) is 0 Å². The average molecular weight is 442 g/mol. The summed E-state index contributed by atoms with van der Waals surface area (Å²) in [6, 6.07) is 5.42. The van der Waals surface area contributed by atoms with Gasteiger partial charge in [-0.2, -0.15) is 0 Å². The van der Waals surface area contributed by atoms with Crippen LogP contribution in [-0.2, 0) is 22.6 Å². The van der Waals surface area contributed by atoms with Gasteiger partial charge in [0.15, 0.2) is 11.5 Å². The van der Waals surface area contributed by atoms with Gasteiger partial charge in [-0.15, -0.1) is 0 Å². The number of nitrogens with one attached hydrogen (secondary N) is 2. The molecule has 1 saturated heterocycles. The van der Waals surface area contributed by atoms with Gasteiger partial charge in [0.1, 0.15) is 6.04 Å². The fraction of sp³-hybridized carbons (Fsp3) is 0.522. The topological polar surface area (TPSA) is 99.8 Å². The van der Waals surface area contributed by atoms with Gasteiger partial charge in [-0.05, 0) is 23.6 Å². The molecule has 1 unspecified atom stereocenters. The van der Waals surface area contributed by atoms with Crippen LogP contribution in [0.15, 0.2) is 30.7 Å². The number of aromatic nitrogens is 2. The fourth-order valence-electron chi connectivity index (χ4n) is 4.08. The van der Waals surface area contributed by atoms with Crippen molar-refractivity contribution < 1.29 is 19.1 Å². The molecule has 32 heavy (non-hydrogen) atoms. The molecule has 0 saturated carbocycles. The molecule has 3 heterocycles. The summed E-state index contributed by atoms with van der Waals surface area (Å²) < 4.78 is 10.8. The van der Waals surface area contributed by atoms with Crippen molar-refractivity contribution in [2.75, 3.05) is 33.0 Å². The number of benzene rings is 1. The number of aromatic amines is 1. The van der Waals surface area contributed by atoms with E-state index in [0.717, 1.165) is 42.4 Å². The van der Waals surface area contributed by atoms with Crippen molar-refractivity contribution in [3.05, 3.63) is 42.0 Å². The van der Waals surface area contributed by atoms with E-state index in [9.17, 15) is 9.59 Å². The van der Waals surface area contributed by atoms with Gasteiger partial charge in [0.05, 0.1) is 6.33 Å². The number of amides is 2. The second-order valence-corrected chi connectivity index (χ2v) is 8.79. The Morgan fingerprint density at radius 2 is 1.94 bits per heavy atom. The predicted octanol–water partition coefficient (Wildman–Crippen LogP) is 1.56. The molecule has 0 aliphatic carbocycles. The molecule has 1 aromatic carbocycles. The van der Waals surface area contributed by atoms with Gasteiger partial charge in [0.2, 0.25) is 18.6 Å². The molecule has 1 atom stereocenters. The summed E-state index contributed by atoms with van der Waals surface area (Å²) in [7, 11) is 0. The van der Waals surface area contributed by atoms with Crippen LogP contribution in [0.25, 0.3) is 0 Å². The second-order valence-electron chi connectivity index (χ2n) is 8.79. The van der Waals surface area contributed by atoms with E-state index < -0.39 is 6.04 Å². The van der Waals surface area contributed by atoms with E-state index in [2.05, 4.69) is 26.3 Å². The first-order chi connectivity index (χ1) is 15.5. The minimum Gasteiger partial charge on any atom is -0.454 e. The van der Waals surface area contributed by atoms with Crippen LogP contribution in [-0.4, -0.2) is 70.6 Å². The van der Waals surface area contributed by atoms with E-state index in [1.165, 1.54) is 0 Å². The number of fused-ring (bicyclic) bond motifs is 1. The highest BCUT2D eigenvalue weighted by molar-refractivity contribution is 5.88. The third-order valence-corrected chi connectivity index (χ3v) is 5.73. The molecule has 2 aliphatic heterocycles. The zero-order valence-corrected chi connectivity index (χ0v) is 18.7. The summed E-state index contributed by atoms with van der Waals surface area (Å²) in [6.45, 7) is 7.85. The molecular weight excluding hydrogens is 410 g/mol. The maximum Gasteiger partial charge on any atom is 0.245 e. The number of hydrogen-bond acceptors (Lipinski definition) is 6. The SMILES string of the molecule is CC(C)CC(=O)NC(Cc1cnc[nH]1)C(=O)N1CCN(Cc2ccc3c(c2)OCO3)CC1. The third kappa shape index (κ3) is 5.59. The molecule has 1 aromatic heterocycles. The van der Waals surface area contributed by atoms with Gasteiger partial charge in [0, 0.05) is 57.5 Å². The second kappa shape index (κ2) is 10.0. The standard InChI is InChI=1S/C23H31N5O4/c1-16(2)9-22(29)26-19(11-18-12-24-14-25-18)23(30)28-7-5-27(6-8-28)13-17-3-4-20-21(10-17)32-15-31-20/h3-4,10,12,14,16,19H,5-9,11,13,15H2,1-2H3,(H,24,25)(H,26,29). The molecular formula is C23H31N5O4. The van der Waals surface area contributed by atoms with Crippen LogP contribution in [0.1, 0.15) is 31.5 Å². The molecule has 9 nitrogen and oxygen atoms in total. The lowest BCUT2D eigenvalue weighted by atomic mass is 10.1. The van der Waals surface area contributed by atoms with Crippen molar-refractivity contribution in [3.8, 4) is 11.5 Å². The van der Waals surface area contributed by atoms with Crippen LogP contribution in [0, 0.1) is 5.92 Å². The van der Waals surface area contributed by atoms with Gasteiger partial charge in [0.25, 0.3) is 0 Å². The number of carbonyl (C=O) groups is 2. The highest BCUT2D eigenvalue weighted by atomic mass is 16.7. The fourth-order valence-corrected chi connectivity index (χ4v) is 4.08. The number of piperazine rings is 1. The summed E-state index contributed by atoms with van der Waals surface area (Å²) in [5.41, 5.74) is 1.99. The van der Waals surface area contributed by atoms with Crippen molar-refractivity contribution >= 4 is 11.8 Å². The van der Waals surface area contributed by atoms with E-state index in [0.29, 0.717) is 25.9 Å². The summed E-state index contributed by atoms with van der Waals surface area (Å²) >= 11 is 0. The molecule has 2 aromatic rings. The molecule has 4 rings (SSSR count). The number of carbonyl (C=O) groups excluding carboxylic acids is 2. The lowest BCUT2D eigenvalue weighted by Crippen LogP contribution is -2.55. The Morgan fingerprint density at radius 1 is 1.16 bits per heavy atom. The quantitative estimate of drug-likeness (QED) is 0.645. The maximum absolute atomic E-state index is 13.3. The monoisotopic (exact) mass is 441 g/mol. The Hall–Kier alpha value is -3.07. The number of imidazole rings is 1. The van der Waals surface area contributed by atoms with Gasteiger partial charge >= 0.3 is 0 Å². The van der Waals surface area contributed by atoms with Crippen molar-refractivity contribution in [2.45, 2.75) is 39.3 Å². The number of H-pyrrole nitrogens is 1. The lowest BCUT2D eigenvalue weighted by Gasteiger charge is -2.36. The van der Waals surface area contributed by atoms with E-state index in [1.54, 1.807) is 12.5 Å². The van der Waals surface area contributed by atoms with Gasteiger partial charge < -0.3 is 24.7 Å². The molecule has 0 radical (unpaired) electrons. The Morgan fingerprint density at radius 3 is 2.66 bits per heavy atom. The summed E-state index contributed by atoms with van der Waals surface area (Å²) in [4.78, 5) is 36.9. The zero-order chi connectivity index (χ0) is 22.5. The first kappa shape index (κ1) is 22.1. The highest BCUT2D eigenvalue weighted by Gasteiger charge is 2.29. The van der Waals surface area contributed by atoms with Crippen LogP contribution in [0.3, 0.4) is 0 Å². The van der Waals surface area contributed by atoms with Crippen LogP contribution in [0.5, 0.6) is 11.5 Å². The predicted molar refractivity (Wildman–Crippen MR) is 118 cm³/mol. The molecule has 9 heteroatoms. The molecule has 172 valence electrons. The summed E-state index contributed by atoms with van der Waals surface area (Å²) in [6.07, 6.45) is 4.08. The maximum atomic E-state index is 13.3. The Balaban J connectivity index is 1.33. The average Bonchev–Trinajstić information content (AvgIpc) is 3.44. The smallest absolute Gasteiger partial charge is 0.245 e. The summed E-state index contributed by atoms with van der Waals surface area (Å²) in [5, 5.41) is 2.94. The van der Waals surface area contributed by atoms with Gasteiger partial charge in [-0.1, -0.05) is 19.9 Å². The lowest BCUT2D eigenvalue weighted by molar-refractivity contribution is -0.138. The minimum absolute atomic E-state index is 0.0422. The number of ether oxygens (including phenoxy) is 2. The van der Waals surface area contributed by atoms with E-state index in [4.69, 9.17) is 9.47 Å². The summed E-state index contributed by atoms with van der Waals surface area (Å²) in [5.74, 6) is 1.67. The van der Waals surface area contributed by atoms with Crippen molar-refractivity contribution in [1.82, 2.24) is 25.1 Å². The number of nitrogens with zero attached hydrogens (tertiary/aromatic N) is 3. The minimum atomic E-state index is -0.595. The number of rotatable bonds is 8. The van der Waals surface area contributed by atoms with Crippen LogP contribution < -0.4 is 14.8 Å². The first-order valence-corrected chi connectivity index (χ1v) is 11.1. The van der Waals surface area contributed by atoms with Crippen LogP contribution in [0.4, 0.5) is 0 Å². The highest BCUT2D eigenvalue weighted by Crippen LogP contribution is 2.32. The Kier molecular flexibility index (Phi) is 6.94. The van der Waals surface area contributed by atoms with Crippen LogP contribution >= 0.6 is 0 Å². The molecule has 0 bridgehead atoms. The molecule has 2 amide bonds. The Labute approximate surface area is 188 Å². The van der Waals surface area contributed by atoms with E-state index in [-0.39, 0.29) is 24.5 Å². The zero-order valence-electron chi connectivity index (χ0n) is 18.7. The van der Waals surface area contributed by atoms with E-state index >= 15 is 0 Å². The Bertz CT molecular complexity index is 922. The molecule has 0 spiro atoms. The van der Waals surface area contributed by atoms with Gasteiger partial charge in [-0.25, -0.2) is 4.98 Å². The van der Waals surface area contributed by atoms with Crippen molar-refractivity contribution in [2.24, 2.45) is 5.92 Å². The number of hydrogen-bond donors (Lipinski definition) is 2. The molecule has 2 N–H and O–H groups in total. The van der Waals surface area contributed by atoms with Crippen molar-refractivity contribution in [1.29, 1.82) is 0 Å². The normalized spacial score (nSPS) is 16.9. The van der Waals surface area contributed by atoms with E-state index in [1.807, 2.05) is 30.9 Å². The molecule has 1 fully saturated rings. The van der Waals surface area contributed by atoms with Gasteiger partial charge in [-0.3, -0.25) is 14.5 Å². The van der Waals surface area contributed by atoms with Crippen molar-refractivity contribution in [3.63, 3.8) is 0 Å². The first-order valence-electron chi connectivity index (χ1n) is 11.1. The molecule has 2 aliphatic rings.